The van der Waals surface area contributed by atoms with Crippen LogP contribution in [0, 0.1) is 29.1 Å². The van der Waals surface area contributed by atoms with Crippen LogP contribution in [0.1, 0.15) is 90.4 Å². The molecule has 0 spiro atoms. The van der Waals surface area contributed by atoms with Crippen LogP contribution in [0.2, 0.25) is 0 Å². The first kappa shape index (κ1) is 18.0. The summed E-state index contributed by atoms with van der Waals surface area (Å²) in [6, 6.07) is 0.485. The van der Waals surface area contributed by atoms with Crippen molar-refractivity contribution in [1.29, 1.82) is 5.41 Å². The smallest absolute Gasteiger partial charge is 0.00390 e. The van der Waals surface area contributed by atoms with Gasteiger partial charge in [-0.2, -0.15) is 0 Å². The van der Waals surface area contributed by atoms with E-state index in [1.165, 1.54) is 83.5 Å². The van der Waals surface area contributed by atoms with Gasteiger partial charge < -0.3 is 11.1 Å². The summed E-state index contributed by atoms with van der Waals surface area (Å²) >= 11 is 0. The first-order chi connectivity index (χ1) is 10.7. The van der Waals surface area contributed by atoms with Crippen molar-refractivity contribution in [2.75, 3.05) is 0 Å². The van der Waals surface area contributed by atoms with Crippen molar-refractivity contribution in [3.8, 4) is 0 Å². The molecule has 0 aliphatic heterocycles. The second-order valence-electron chi connectivity index (χ2n) is 8.26. The molecule has 0 aromatic heterocycles. The van der Waals surface area contributed by atoms with Crippen molar-refractivity contribution in [3.63, 3.8) is 0 Å². The van der Waals surface area contributed by atoms with Crippen LogP contribution in [0.15, 0.2) is 0 Å². The fourth-order valence-electron chi connectivity index (χ4n) is 4.71. The van der Waals surface area contributed by atoms with Gasteiger partial charge in [-0.05, 0) is 81.3 Å². The van der Waals surface area contributed by atoms with Crippen LogP contribution in [0.5, 0.6) is 0 Å². The van der Waals surface area contributed by atoms with Crippen LogP contribution in [-0.2, 0) is 0 Å². The minimum atomic E-state index is 0.485. The summed E-state index contributed by atoms with van der Waals surface area (Å²) in [5.41, 5.74) is 5.94. The predicted octanol–water partition coefficient (Wildman–Crippen LogP) is 5.55. The number of nitrogens with two attached hydrogens (primary N) is 1. The van der Waals surface area contributed by atoms with E-state index in [-0.39, 0.29) is 0 Å². The SMILES string of the molecule is CC1CCCCC1.N=CC1CCC(C2CCC(N)CC2)CC1. The number of rotatable bonds is 2. The van der Waals surface area contributed by atoms with Gasteiger partial charge in [-0.3, -0.25) is 0 Å². The van der Waals surface area contributed by atoms with E-state index < -0.39 is 0 Å². The van der Waals surface area contributed by atoms with Gasteiger partial charge in [0.1, 0.15) is 0 Å². The van der Waals surface area contributed by atoms with Crippen LogP contribution >= 0.6 is 0 Å². The zero-order valence-electron chi connectivity index (χ0n) is 14.7. The molecule has 3 aliphatic carbocycles. The fourth-order valence-corrected chi connectivity index (χ4v) is 4.71. The highest BCUT2D eigenvalue weighted by Gasteiger charge is 2.29. The lowest BCUT2D eigenvalue weighted by atomic mass is 9.70. The van der Waals surface area contributed by atoms with Gasteiger partial charge in [-0.25, -0.2) is 0 Å². The average Bonchev–Trinajstić information content (AvgIpc) is 2.57. The van der Waals surface area contributed by atoms with Gasteiger partial charge in [0, 0.05) is 6.04 Å². The van der Waals surface area contributed by atoms with Gasteiger partial charge >= 0.3 is 0 Å². The highest BCUT2D eigenvalue weighted by molar-refractivity contribution is 5.56. The minimum absolute atomic E-state index is 0.485. The lowest BCUT2D eigenvalue weighted by Gasteiger charge is -2.36. The molecule has 0 bridgehead atoms. The van der Waals surface area contributed by atoms with Gasteiger partial charge in [0.05, 0.1) is 0 Å². The second-order valence-corrected chi connectivity index (χ2v) is 8.26. The summed E-state index contributed by atoms with van der Waals surface area (Å²) in [4.78, 5) is 0. The monoisotopic (exact) mass is 306 g/mol. The molecular weight excluding hydrogens is 268 g/mol. The molecule has 128 valence electrons. The van der Waals surface area contributed by atoms with Gasteiger partial charge in [0.2, 0.25) is 0 Å². The summed E-state index contributed by atoms with van der Waals surface area (Å²) in [7, 11) is 0. The first-order valence-corrected chi connectivity index (χ1v) is 9.95. The molecule has 3 N–H and O–H groups in total. The third kappa shape index (κ3) is 6.02. The Morgan fingerprint density at radius 3 is 1.64 bits per heavy atom. The summed E-state index contributed by atoms with van der Waals surface area (Å²) in [5.74, 6) is 3.53. The van der Waals surface area contributed by atoms with Crippen molar-refractivity contribution in [1.82, 2.24) is 0 Å². The van der Waals surface area contributed by atoms with E-state index in [0.29, 0.717) is 12.0 Å². The highest BCUT2D eigenvalue weighted by Crippen LogP contribution is 2.39. The van der Waals surface area contributed by atoms with Crippen molar-refractivity contribution in [3.05, 3.63) is 0 Å². The lowest BCUT2D eigenvalue weighted by molar-refractivity contribution is 0.176. The van der Waals surface area contributed by atoms with Crippen LogP contribution in [0.4, 0.5) is 0 Å². The van der Waals surface area contributed by atoms with Gasteiger partial charge in [0.15, 0.2) is 0 Å². The molecule has 2 heteroatoms. The molecule has 3 rings (SSSR count). The normalized spacial score (nSPS) is 37.0. The maximum absolute atomic E-state index is 7.29. The Morgan fingerprint density at radius 1 is 0.727 bits per heavy atom. The third-order valence-corrected chi connectivity index (χ3v) is 6.43. The van der Waals surface area contributed by atoms with Gasteiger partial charge in [-0.1, -0.05) is 39.0 Å². The number of hydrogen-bond donors (Lipinski definition) is 2. The predicted molar refractivity (Wildman–Crippen MR) is 96.4 cm³/mol. The lowest BCUT2D eigenvalue weighted by Crippen LogP contribution is -2.31. The summed E-state index contributed by atoms with van der Waals surface area (Å²) in [5, 5.41) is 7.29. The van der Waals surface area contributed by atoms with Crippen LogP contribution < -0.4 is 5.73 Å². The zero-order chi connectivity index (χ0) is 15.8. The molecule has 0 heterocycles. The Bertz CT molecular complexity index is 293. The van der Waals surface area contributed by atoms with Gasteiger partial charge in [0.25, 0.3) is 0 Å². The molecule has 0 radical (unpaired) electrons. The molecule has 3 aliphatic rings. The fraction of sp³-hybridized carbons (Fsp3) is 0.950. The van der Waals surface area contributed by atoms with E-state index in [4.69, 9.17) is 11.1 Å². The quantitative estimate of drug-likeness (QED) is 0.646. The Kier molecular flexibility index (Phi) is 7.92. The first-order valence-electron chi connectivity index (χ1n) is 9.95. The van der Waals surface area contributed by atoms with Gasteiger partial charge in [-0.15, -0.1) is 0 Å². The van der Waals surface area contributed by atoms with E-state index in [1.54, 1.807) is 6.21 Å². The molecule has 3 fully saturated rings. The molecule has 0 saturated heterocycles. The van der Waals surface area contributed by atoms with Crippen LogP contribution in [-0.4, -0.2) is 12.3 Å². The number of hydrogen-bond acceptors (Lipinski definition) is 2. The summed E-state index contributed by atoms with van der Waals surface area (Å²) < 4.78 is 0. The summed E-state index contributed by atoms with van der Waals surface area (Å²) in [6.45, 7) is 2.36. The maximum Gasteiger partial charge on any atom is 0.00390 e. The van der Waals surface area contributed by atoms with Crippen molar-refractivity contribution in [2.45, 2.75) is 96.4 Å². The summed E-state index contributed by atoms with van der Waals surface area (Å²) in [6.07, 6.45) is 19.6. The number of nitrogens with one attached hydrogen (secondary N) is 1. The van der Waals surface area contributed by atoms with Crippen molar-refractivity contribution in [2.24, 2.45) is 29.4 Å². The Labute approximate surface area is 138 Å². The van der Waals surface area contributed by atoms with Crippen LogP contribution in [0.25, 0.3) is 0 Å². The van der Waals surface area contributed by atoms with Crippen molar-refractivity contribution >= 4 is 6.21 Å². The Morgan fingerprint density at radius 2 is 1.23 bits per heavy atom. The topological polar surface area (TPSA) is 49.9 Å². The minimum Gasteiger partial charge on any atom is -0.328 e. The van der Waals surface area contributed by atoms with E-state index in [9.17, 15) is 0 Å². The second kappa shape index (κ2) is 9.70. The van der Waals surface area contributed by atoms with Crippen LogP contribution in [0.3, 0.4) is 0 Å². The highest BCUT2D eigenvalue weighted by atomic mass is 14.6. The molecule has 2 nitrogen and oxygen atoms in total. The standard InChI is InChI=1S/C13H24N2.C7H14/c14-9-10-1-3-11(4-2-10)12-5-7-13(15)8-6-12;1-7-5-3-2-4-6-7/h9-14H,1-8,15H2;7H,2-6H2,1H3. The molecular formula is C20H38N2. The molecule has 0 unspecified atom stereocenters. The zero-order valence-corrected chi connectivity index (χ0v) is 14.7. The Hall–Kier alpha value is -0.370. The molecule has 0 aromatic rings. The van der Waals surface area contributed by atoms with Crippen molar-refractivity contribution < 1.29 is 0 Å². The third-order valence-electron chi connectivity index (χ3n) is 6.43. The van der Waals surface area contributed by atoms with E-state index in [2.05, 4.69) is 6.92 Å². The molecule has 0 atom stereocenters. The molecule has 0 amide bonds. The Balaban J connectivity index is 0.000000211. The van der Waals surface area contributed by atoms with E-state index in [0.717, 1.165) is 17.8 Å². The van der Waals surface area contributed by atoms with E-state index >= 15 is 0 Å². The maximum atomic E-state index is 7.29. The molecule has 3 saturated carbocycles. The molecule has 0 aromatic carbocycles. The molecule has 22 heavy (non-hydrogen) atoms. The van der Waals surface area contributed by atoms with E-state index in [1.807, 2.05) is 0 Å². The average molecular weight is 307 g/mol. The largest absolute Gasteiger partial charge is 0.328 e.